The van der Waals surface area contributed by atoms with Gasteiger partial charge < -0.3 is 10.8 Å². The molecule has 1 radical (unpaired) electrons. The van der Waals surface area contributed by atoms with E-state index in [0.29, 0.717) is 0 Å². The first kappa shape index (κ1) is 12.1. The first-order valence-corrected chi connectivity index (χ1v) is 5.27. The van der Waals surface area contributed by atoms with Gasteiger partial charge in [0.15, 0.2) is 0 Å². The Labute approximate surface area is 108 Å². The molecule has 0 saturated carbocycles. The maximum absolute atomic E-state index is 2.74. The van der Waals surface area contributed by atoms with Crippen molar-refractivity contribution >= 4 is 0 Å². The van der Waals surface area contributed by atoms with E-state index >= 15 is 0 Å². The fourth-order valence-electron chi connectivity index (χ4n) is 3.13. The van der Waals surface area contributed by atoms with E-state index in [1.807, 2.05) is 0 Å². The van der Waals surface area contributed by atoms with E-state index in [9.17, 15) is 0 Å². The molecule has 13 heavy (non-hydrogen) atoms. The molecule has 2 aliphatic rings. The van der Waals surface area contributed by atoms with Crippen molar-refractivity contribution in [1.29, 1.82) is 0 Å². The smallest absolute Gasteiger partial charge is 0.00423 e. The summed E-state index contributed by atoms with van der Waals surface area (Å²) in [5, 5.41) is 0. The third-order valence-electron chi connectivity index (χ3n) is 3.44. The Morgan fingerprint density at radius 2 is 1.62 bits per heavy atom. The van der Waals surface area contributed by atoms with Crippen LogP contribution in [0.1, 0.15) is 46.5 Å². The first-order valence-electron chi connectivity index (χ1n) is 5.27. The Kier molecular flexibility index (Phi) is 4.41. The minimum atomic E-state index is 0. The van der Waals surface area contributed by atoms with E-state index in [1.54, 1.807) is 5.92 Å². The van der Waals surface area contributed by atoms with Gasteiger partial charge in [-0.2, -0.15) is 19.8 Å². The first-order chi connectivity index (χ1) is 5.68. The summed E-state index contributed by atoms with van der Waals surface area (Å²) in [6.07, 6.45) is 5.63. The minimum absolute atomic E-state index is 0. The molecule has 2 bridgehead atoms. The molecule has 0 aliphatic carbocycles. The quantitative estimate of drug-likeness (QED) is 0.651. The molecule has 0 amide bonds. The second-order valence-electron chi connectivity index (χ2n) is 4.79. The molecule has 2 atom stereocenters. The number of hydrogen-bond donors (Lipinski definition) is 0. The second kappa shape index (κ2) is 4.72. The molecule has 2 aliphatic heterocycles. The van der Waals surface area contributed by atoms with Gasteiger partial charge in [-0.3, -0.25) is 0 Å². The Hall–Kier alpha value is 1.06. The second-order valence-corrected chi connectivity index (χ2v) is 4.79. The van der Waals surface area contributed by atoms with Gasteiger partial charge in [-0.15, -0.1) is 0 Å². The molecule has 0 spiro atoms. The van der Waals surface area contributed by atoms with Crippen molar-refractivity contribution in [3.63, 3.8) is 0 Å². The van der Waals surface area contributed by atoms with E-state index in [-0.39, 0.29) is 32.7 Å². The average Bonchev–Trinajstić information content (AvgIpc) is 2.24. The summed E-state index contributed by atoms with van der Waals surface area (Å²) >= 11 is 0. The third kappa shape index (κ3) is 2.35. The van der Waals surface area contributed by atoms with Gasteiger partial charge in [0.05, 0.1) is 0 Å². The van der Waals surface area contributed by atoms with Crippen molar-refractivity contribution in [2.45, 2.75) is 64.6 Å². The van der Waals surface area contributed by atoms with Gasteiger partial charge in [-0.25, -0.2) is 0 Å². The summed E-state index contributed by atoms with van der Waals surface area (Å²) in [5.41, 5.74) is 0. The van der Waals surface area contributed by atoms with Gasteiger partial charge in [0.1, 0.15) is 0 Å². The topological polar surface area (TPSA) is 3.24 Å². The Balaban J connectivity index is 0.000000845. The largest absolute Gasteiger partial charge is 0.314 e. The van der Waals surface area contributed by atoms with Crippen molar-refractivity contribution in [3.05, 3.63) is 5.92 Å². The SMILES string of the molecule is C[C-]1CC2CCC(C1)N2C(C)C.[Y]. The van der Waals surface area contributed by atoms with Gasteiger partial charge in [-0.1, -0.05) is 0 Å². The molecule has 0 aromatic rings. The van der Waals surface area contributed by atoms with E-state index in [2.05, 4.69) is 25.7 Å². The van der Waals surface area contributed by atoms with Crippen LogP contribution in [0, 0.1) is 5.92 Å². The molecule has 2 fully saturated rings. The molecule has 2 saturated heterocycles. The zero-order valence-electron chi connectivity index (χ0n) is 9.09. The van der Waals surface area contributed by atoms with Crippen LogP contribution >= 0.6 is 0 Å². The van der Waals surface area contributed by atoms with E-state index < -0.39 is 0 Å². The van der Waals surface area contributed by atoms with Crippen molar-refractivity contribution in [2.75, 3.05) is 0 Å². The van der Waals surface area contributed by atoms with Crippen LogP contribution < -0.4 is 0 Å². The molecule has 1 nitrogen and oxygen atoms in total. The zero-order chi connectivity index (χ0) is 8.72. The van der Waals surface area contributed by atoms with Crippen LogP contribution in [0.25, 0.3) is 0 Å². The van der Waals surface area contributed by atoms with Gasteiger partial charge in [0, 0.05) is 38.8 Å². The van der Waals surface area contributed by atoms with E-state index in [1.165, 1.54) is 25.7 Å². The van der Waals surface area contributed by atoms with Crippen molar-refractivity contribution in [3.8, 4) is 0 Å². The maximum Gasteiger partial charge on any atom is 0.00423 e. The normalized spacial score (nSPS) is 35.1. The van der Waals surface area contributed by atoms with Crippen LogP contribution in [0.3, 0.4) is 0 Å². The molecule has 0 N–H and O–H groups in total. The monoisotopic (exact) mass is 255 g/mol. The Morgan fingerprint density at radius 3 is 2.00 bits per heavy atom. The molecule has 0 aromatic carbocycles. The van der Waals surface area contributed by atoms with Gasteiger partial charge >= 0.3 is 0 Å². The summed E-state index contributed by atoms with van der Waals surface area (Å²) in [6.45, 7) is 7.01. The van der Waals surface area contributed by atoms with Gasteiger partial charge in [0.25, 0.3) is 0 Å². The fourth-order valence-corrected chi connectivity index (χ4v) is 3.13. The summed E-state index contributed by atoms with van der Waals surface area (Å²) in [6, 6.07) is 2.54. The summed E-state index contributed by atoms with van der Waals surface area (Å²) in [7, 11) is 0. The standard InChI is InChI=1S/C11H20N.Y/c1-8(2)12-10-4-5-11(12)7-9(3)6-10;/h8,10-11H,4-7H2,1-3H3;/q-1;. The van der Waals surface area contributed by atoms with Gasteiger partial charge in [-0.05, 0) is 38.8 Å². The summed E-state index contributed by atoms with van der Waals surface area (Å²) in [4.78, 5) is 2.74. The van der Waals surface area contributed by atoms with E-state index in [0.717, 1.165) is 18.1 Å². The van der Waals surface area contributed by atoms with Crippen molar-refractivity contribution in [2.24, 2.45) is 0 Å². The average molecular weight is 255 g/mol. The molecule has 2 heterocycles. The molecule has 2 unspecified atom stereocenters. The number of rotatable bonds is 1. The van der Waals surface area contributed by atoms with E-state index in [4.69, 9.17) is 0 Å². The predicted molar refractivity (Wildman–Crippen MR) is 51.9 cm³/mol. The van der Waals surface area contributed by atoms with Crippen molar-refractivity contribution in [1.82, 2.24) is 4.90 Å². The van der Waals surface area contributed by atoms with Crippen molar-refractivity contribution < 1.29 is 32.7 Å². The molecule has 0 aromatic heterocycles. The number of hydrogen-bond acceptors (Lipinski definition) is 1. The minimum Gasteiger partial charge on any atom is -0.314 e. The zero-order valence-corrected chi connectivity index (χ0v) is 11.9. The number of piperidine rings is 1. The molecule has 2 heteroatoms. The van der Waals surface area contributed by atoms with Gasteiger partial charge in [0.2, 0.25) is 0 Å². The summed E-state index contributed by atoms with van der Waals surface area (Å²) in [5.74, 6) is 1.74. The number of nitrogens with zero attached hydrogens (tertiary/aromatic N) is 1. The van der Waals surface area contributed by atoms with Crippen LogP contribution in [0.2, 0.25) is 0 Å². The van der Waals surface area contributed by atoms with Crippen LogP contribution in [0.4, 0.5) is 0 Å². The van der Waals surface area contributed by atoms with Crippen LogP contribution in [0.15, 0.2) is 0 Å². The summed E-state index contributed by atoms with van der Waals surface area (Å²) < 4.78 is 0. The third-order valence-corrected chi connectivity index (χ3v) is 3.44. The molecular formula is C11H20NY-. The Morgan fingerprint density at radius 1 is 1.15 bits per heavy atom. The maximum atomic E-state index is 2.74. The molecular weight excluding hydrogens is 235 g/mol. The van der Waals surface area contributed by atoms with Crippen LogP contribution in [-0.4, -0.2) is 23.0 Å². The molecule has 2 rings (SSSR count). The predicted octanol–water partition coefficient (Wildman–Crippen LogP) is 2.61. The number of fused-ring (bicyclic) bond motifs is 2. The van der Waals surface area contributed by atoms with Crippen LogP contribution in [-0.2, 0) is 32.7 Å². The Bertz CT molecular complexity index is 155. The molecule has 73 valence electrons. The fraction of sp³-hybridized carbons (Fsp3) is 0.909. The van der Waals surface area contributed by atoms with Crippen LogP contribution in [0.5, 0.6) is 0 Å².